The van der Waals surface area contributed by atoms with E-state index in [-0.39, 0.29) is 29.3 Å². The van der Waals surface area contributed by atoms with Crippen molar-refractivity contribution in [2.45, 2.75) is 50.7 Å². The van der Waals surface area contributed by atoms with Crippen LogP contribution in [0.5, 0.6) is 0 Å². The number of hydrogen-bond acceptors (Lipinski definition) is 10. The number of nitrogens with one attached hydrogen (secondary N) is 1. The van der Waals surface area contributed by atoms with Gasteiger partial charge in [-0.05, 0) is 32.5 Å². The van der Waals surface area contributed by atoms with E-state index in [1.54, 1.807) is 18.5 Å². The molecule has 2 aromatic heterocycles. The quantitative estimate of drug-likeness (QED) is 0.356. The molecule has 2 heterocycles. The molecule has 148 valence electrons. The molecule has 3 atom stereocenters. The number of nitrogens with zero attached hydrogens (tertiary/aromatic N) is 4. The number of carbonyl (C=O) groups excluding carboxylic acids is 1. The maximum atomic E-state index is 11.4. The lowest BCUT2D eigenvalue weighted by Gasteiger charge is -2.27. The third-order valence-electron chi connectivity index (χ3n) is 4.22. The molecule has 0 radical (unpaired) electrons. The van der Waals surface area contributed by atoms with Crippen LogP contribution in [0.1, 0.15) is 32.7 Å². The van der Waals surface area contributed by atoms with Gasteiger partial charge in [0.15, 0.2) is 17.0 Å². The summed E-state index contributed by atoms with van der Waals surface area (Å²) >= 11 is 5.09. The number of H-pyrrole nitrogens is 1. The van der Waals surface area contributed by atoms with Crippen LogP contribution in [0.4, 0.5) is 5.82 Å². The molecule has 1 aliphatic rings. The van der Waals surface area contributed by atoms with Crippen LogP contribution in [0.2, 0.25) is 0 Å². The van der Waals surface area contributed by atoms with Gasteiger partial charge in [-0.15, -0.1) is 5.10 Å². The molecule has 0 bridgehead atoms. The van der Waals surface area contributed by atoms with E-state index in [1.807, 2.05) is 0 Å². The van der Waals surface area contributed by atoms with E-state index in [2.05, 4.69) is 25.0 Å². The molecule has 3 unspecified atom stereocenters. The summed E-state index contributed by atoms with van der Waals surface area (Å²) in [6.45, 7) is 2.91. The predicted octanol–water partition coefficient (Wildman–Crippen LogP) is 0.473. The van der Waals surface area contributed by atoms with Crippen molar-refractivity contribution >= 4 is 35.2 Å². The van der Waals surface area contributed by atoms with Crippen LogP contribution in [0.25, 0.3) is 11.2 Å². The van der Waals surface area contributed by atoms with Gasteiger partial charge in [-0.2, -0.15) is 4.98 Å². The summed E-state index contributed by atoms with van der Waals surface area (Å²) in [5.41, 5.74) is 6.71. The number of methoxy groups -OCH3 is 1. The van der Waals surface area contributed by atoms with E-state index < -0.39 is 17.9 Å². The van der Waals surface area contributed by atoms with E-state index in [0.717, 1.165) is 0 Å². The van der Waals surface area contributed by atoms with Gasteiger partial charge in [-0.1, -0.05) is 5.21 Å². The first kappa shape index (κ1) is 19.6. The van der Waals surface area contributed by atoms with E-state index in [9.17, 15) is 9.90 Å². The average molecular weight is 398 g/mol. The third kappa shape index (κ3) is 4.40. The van der Waals surface area contributed by atoms with Crippen molar-refractivity contribution in [3.05, 3.63) is 4.77 Å². The number of nitrogen functional groups attached to an aromatic ring is 1. The predicted molar refractivity (Wildman–Crippen MR) is 96.1 cm³/mol. The Kier molecular flexibility index (Phi) is 5.42. The topological polar surface area (TPSA) is 150 Å². The Morgan fingerprint density at radius 1 is 1.48 bits per heavy atom. The Bertz CT molecular complexity index is 891. The minimum absolute atomic E-state index is 0.169. The highest BCUT2D eigenvalue weighted by molar-refractivity contribution is 7.71. The van der Waals surface area contributed by atoms with Gasteiger partial charge < -0.3 is 30.0 Å². The Morgan fingerprint density at radius 3 is 2.89 bits per heavy atom. The standard InChI is InChI=1S/C15H22N6O5S/c1-15(2,23)26-9-5-7(25-6-10(22)24-3)4-8(9)21-13-11(19-20-21)12(16)17-14(27)18-13/h7-9,23H,4-6H2,1-3H3,(H3,16,17,18,27). The average Bonchev–Trinajstić information content (AvgIpc) is 3.14. The summed E-state index contributed by atoms with van der Waals surface area (Å²) in [6.07, 6.45) is 0.181. The van der Waals surface area contributed by atoms with Crippen molar-refractivity contribution in [3.63, 3.8) is 0 Å². The van der Waals surface area contributed by atoms with Gasteiger partial charge in [0.1, 0.15) is 12.4 Å². The lowest BCUT2D eigenvalue weighted by molar-refractivity contribution is -0.212. The first-order chi connectivity index (χ1) is 12.7. The van der Waals surface area contributed by atoms with Crippen molar-refractivity contribution in [1.82, 2.24) is 25.0 Å². The number of carbonyl (C=O) groups is 1. The van der Waals surface area contributed by atoms with Gasteiger partial charge in [0.05, 0.1) is 25.4 Å². The number of fused-ring (bicyclic) bond motifs is 1. The Balaban J connectivity index is 1.90. The molecule has 0 amide bonds. The molecule has 12 heteroatoms. The number of hydrogen-bond donors (Lipinski definition) is 3. The van der Waals surface area contributed by atoms with Crippen LogP contribution in [0.15, 0.2) is 0 Å². The number of rotatable bonds is 6. The molecule has 0 aromatic carbocycles. The SMILES string of the molecule is COC(=O)COC1CC(OC(C)(C)O)C(n2nnc3c(N)[nH]c(=S)nc32)C1. The van der Waals surface area contributed by atoms with Gasteiger partial charge in [0.25, 0.3) is 0 Å². The second-order valence-electron chi connectivity index (χ2n) is 6.81. The van der Waals surface area contributed by atoms with Gasteiger partial charge in [-0.3, -0.25) is 0 Å². The molecule has 0 aliphatic heterocycles. The summed E-state index contributed by atoms with van der Waals surface area (Å²) in [6, 6.07) is -0.340. The van der Waals surface area contributed by atoms with Crippen LogP contribution in [-0.2, 0) is 19.0 Å². The summed E-state index contributed by atoms with van der Waals surface area (Å²) in [7, 11) is 1.30. The molecule has 3 rings (SSSR count). The summed E-state index contributed by atoms with van der Waals surface area (Å²) < 4.78 is 17.8. The highest BCUT2D eigenvalue weighted by Gasteiger charge is 2.41. The molecule has 0 spiro atoms. The number of nitrogens with two attached hydrogens (primary N) is 1. The second kappa shape index (κ2) is 7.46. The fraction of sp³-hybridized carbons (Fsp3) is 0.667. The van der Waals surface area contributed by atoms with E-state index in [1.165, 1.54) is 7.11 Å². The number of aromatic amines is 1. The molecule has 4 N–H and O–H groups in total. The van der Waals surface area contributed by atoms with Crippen molar-refractivity contribution in [1.29, 1.82) is 0 Å². The zero-order valence-corrected chi connectivity index (χ0v) is 16.0. The molecule has 11 nitrogen and oxygen atoms in total. The van der Waals surface area contributed by atoms with E-state index >= 15 is 0 Å². The van der Waals surface area contributed by atoms with Gasteiger partial charge in [0.2, 0.25) is 4.77 Å². The fourth-order valence-electron chi connectivity index (χ4n) is 3.16. The van der Waals surface area contributed by atoms with Crippen LogP contribution >= 0.6 is 12.2 Å². The van der Waals surface area contributed by atoms with E-state index in [4.69, 9.17) is 27.4 Å². The van der Waals surface area contributed by atoms with Crippen molar-refractivity contribution < 1.29 is 24.1 Å². The van der Waals surface area contributed by atoms with Gasteiger partial charge in [-0.25, -0.2) is 9.48 Å². The Morgan fingerprint density at radius 2 is 2.22 bits per heavy atom. The minimum Gasteiger partial charge on any atom is -0.467 e. The van der Waals surface area contributed by atoms with E-state index in [0.29, 0.717) is 24.0 Å². The first-order valence-corrected chi connectivity index (χ1v) is 8.78. The highest BCUT2D eigenvalue weighted by Crippen LogP contribution is 2.37. The third-order valence-corrected chi connectivity index (χ3v) is 4.41. The normalized spacial score (nSPS) is 23.0. The Labute approximate surface area is 159 Å². The number of aliphatic hydroxyl groups is 1. The minimum atomic E-state index is -1.36. The highest BCUT2D eigenvalue weighted by atomic mass is 32.1. The largest absolute Gasteiger partial charge is 0.467 e. The maximum absolute atomic E-state index is 11.4. The van der Waals surface area contributed by atoms with Crippen LogP contribution in [0.3, 0.4) is 0 Å². The molecule has 27 heavy (non-hydrogen) atoms. The summed E-state index contributed by atoms with van der Waals surface area (Å²) in [4.78, 5) is 18.4. The van der Waals surface area contributed by atoms with Gasteiger partial charge in [0, 0.05) is 6.42 Å². The maximum Gasteiger partial charge on any atom is 0.331 e. The van der Waals surface area contributed by atoms with Crippen LogP contribution in [0, 0.1) is 4.77 Å². The fourth-order valence-corrected chi connectivity index (χ4v) is 3.35. The van der Waals surface area contributed by atoms with Crippen LogP contribution in [-0.4, -0.2) is 67.7 Å². The smallest absolute Gasteiger partial charge is 0.331 e. The number of aromatic nitrogens is 5. The number of ether oxygens (including phenoxy) is 3. The zero-order chi connectivity index (χ0) is 19.8. The second-order valence-corrected chi connectivity index (χ2v) is 7.20. The summed E-state index contributed by atoms with van der Waals surface area (Å²) in [5, 5.41) is 18.3. The molecular weight excluding hydrogens is 376 g/mol. The zero-order valence-electron chi connectivity index (χ0n) is 15.2. The molecule has 1 aliphatic carbocycles. The lowest BCUT2D eigenvalue weighted by atomic mass is 10.2. The van der Waals surface area contributed by atoms with Crippen molar-refractivity contribution in [2.75, 3.05) is 19.5 Å². The Hall–Kier alpha value is -2.15. The molecular formula is C15H22N6O5S. The van der Waals surface area contributed by atoms with Crippen LogP contribution < -0.4 is 5.73 Å². The molecule has 2 aromatic rings. The van der Waals surface area contributed by atoms with Gasteiger partial charge >= 0.3 is 5.97 Å². The first-order valence-electron chi connectivity index (χ1n) is 8.37. The van der Waals surface area contributed by atoms with Crippen molar-refractivity contribution in [3.8, 4) is 0 Å². The monoisotopic (exact) mass is 398 g/mol. The van der Waals surface area contributed by atoms with Crippen molar-refractivity contribution in [2.24, 2.45) is 0 Å². The lowest BCUT2D eigenvalue weighted by Crippen LogP contribution is -2.33. The molecule has 1 fully saturated rings. The molecule has 0 saturated heterocycles. The molecule has 1 saturated carbocycles. The summed E-state index contributed by atoms with van der Waals surface area (Å²) in [5.74, 6) is -1.56. The number of anilines is 1. The number of esters is 1.